The third kappa shape index (κ3) is 4.55. The molecule has 3 aromatic carbocycles. The van der Waals surface area contributed by atoms with Gasteiger partial charge in [0, 0.05) is 39.3 Å². The van der Waals surface area contributed by atoms with Gasteiger partial charge in [-0.3, -0.25) is 14.4 Å². The molecule has 0 atom stereocenters. The van der Waals surface area contributed by atoms with Crippen molar-refractivity contribution in [1.82, 2.24) is 9.97 Å². The second-order valence-corrected chi connectivity index (χ2v) is 9.06. The lowest BCUT2D eigenvalue weighted by Crippen LogP contribution is -2.13. The minimum Gasteiger partial charge on any atom is -0.449 e. The standard InChI is InChI=1S/C25H16BrClN4O4/c1-12(32)28-15-5-2-13(3-6-15)24(33)29-16-7-8-19(27)17(11-16)23-30-21-18-10-14(26)4-9-20(18)35-22(21)25(34)31-23/h2-11H,1H3,(H,28,32)(H,29,33)(H,30,31,34). The number of rotatable bonds is 4. The third-order valence-corrected chi connectivity index (χ3v) is 6.06. The number of nitrogens with one attached hydrogen (secondary N) is 3. The smallest absolute Gasteiger partial charge is 0.294 e. The first kappa shape index (κ1) is 22.8. The summed E-state index contributed by atoms with van der Waals surface area (Å²) in [7, 11) is 0. The van der Waals surface area contributed by atoms with Crippen molar-refractivity contribution < 1.29 is 14.0 Å². The summed E-state index contributed by atoms with van der Waals surface area (Å²) < 4.78 is 6.50. The summed E-state index contributed by atoms with van der Waals surface area (Å²) in [6.45, 7) is 1.41. The fraction of sp³-hybridized carbons (Fsp3) is 0.0400. The molecule has 174 valence electrons. The molecule has 10 heteroatoms. The molecule has 5 rings (SSSR count). The lowest BCUT2D eigenvalue weighted by atomic mass is 10.1. The Morgan fingerprint density at radius 1 is 1.00 bits per heavy atom. The number of hydrogen-bond donors (Lipinski definition) is 3. The van der Waals surface area contributed by atoms with Crippen LogP contribution in [0.4, 0.5) is 11.4 Å². The minimum absolute atomic E-state index is 0.116. The number of amides is 2. The minimum atomic E-state index is -0.443. The van der Waals surface area contributed by atoms with E-state index in [1.807, 2.05) is 12.1 Å². The molecule has 0 aliphatic heterocycles. The van der Waals surface area contributed by atoms with Gasteiger partial charge in [-0.15, -0.1) is 0 Å². The Bertz CT molecular complexity index is 1690. The van der Waals surface area contributed by atoms with Crippen molar-refractivity contribution >= 4 is 72.8 Å². The highest BCUT2D eigenvalue weighted by atomic mass is 79.9. The van der Waals surface area contributed by atoms with E-state index in [1.54, 1.807) is 48.5 Å². The molecule has 0 aliphatic carbocycles. The summed E-state index contributed by atoms with van der Waals surface area (Å²) in [5.41, 5.74) is 2.51. The zero-order chi connectivity index (χ0) is 24.7. The molecule has 2 heterocycles. The van der Waals surface area contributed by atoms with Gasteiger partial charge in [0.25, 0.3) is 11.5 Å². The molecule has 2 amide bonds. The Kier molecular flexibility index (Phi) is 5.88. The zero-order valence-corrected chi connectivity index (χ0v) is 20.5. The molecular formula is C25H16BrClN4O4. The van der Waals surface area contributed by atoms with Crippen molar-refractivity contribution in [3.8, 4) is 11.4 Å². The van der Waals surface area contributed by atoms with Crippen molar-refractivity contribution in [3.05, 3.63) is 86.1 Å². The Balaban J connectivity index is 1.49. The van der Waals surface area contributed by atoms with Crippen LogP contribution in [0.3, 0.4) is 0 Å². The van der Waals surface area contributed by atoms with Crippen LogP contribution in [0, 0.1) is 0 Å². The van der Waals surface area contributed by atoms with Gasteiger partial charge in [0.1, 0.15) is 16.9 Å². The number of carbonyl (C=O) groups excluding carboxylic acids is 2. The van der Waals surface area contributed by atoms with E-state index in [1.165, 1.54) is 6.92 Å². The summed E-state index contributed by atoms with van der Waals surface area (Å²) >= 11 is 9.85. The van der Waals surface area contributed by atoms with Crippen LogP contribution in [0.15, 0.2) is 74.3 Å². The fourth-order valence-electron chi connectivity index (χ4n) is 3.65. The molecule has 2 aromatic heterocycles. The van der Waals surface area contributed by atoms with Crippen LogP contribution in [0.1, 0.15) is 17.3 Å². The van der Waals surface area contributed by atoms with Gasteiger partial charge in [0.05, 0.1) is 5.02 Å². The number of fused-ring (bicyclic) bond motifs is 3. The average Bonchev–Trinajstić information content (AvgIpc) is 3.19. The summed E-state index contributed by atoms with van der Waals surface area (Å²) in [6.07, 6.45) is 0. The number of halogens is 2. The van der Waals surface area contributed by atoms with Gasteiger partial charge in [0.15, 0.2) is 0 Å². The summed E-state index contributed by atoms with van der Waals surface area (Å²) in [5, 5.41) is 6.49. The molecule has 0 aliphatic rings. The van der Waals surface area contributed by atoms with E-state index in [9.17, 15) is 14.4 Å². The van der Waals surface area contributed by atoms with E-state index in [0.717, 1.165) is 4.47 Å². The van der Waals surface area contributed by atoms with Crippen LogP contribution in [-0.2, 0) is 4.79 Å². The van der Waals surface area contributed by atoms with Crippen LogP contribution in [-0.4, -0.2) is 21.8 Å². The summed E-state index contributed by atoms with van der Waals surface area (Å²) in [6, 6.07) is 16.8. The highest BCUT2D eigenvalue weighted by molar-refractivity contribution is 9.10. The molecule has 0 saturated carbocycles. The quantitative estimate of drug-likeness (QED) is 0.255. The van der Waals surface area contributed by atoms with E-state index in [4.69, 9.17) is 16.0 Å². The number of hydrogen-bond acceptors (Lipinski definition) is 5. The number of aromatic nitrogens is 2. The van der Waals surface area contributed by atoms with Crippen molar-refractivity contribution in [2.24, 2.45) is 0 Å². The molecule has 8 nitrogen and oxygen atoms in total. The van der Waals surface area contributed by atoms with E-state index in [2.05, 4.69) is 36.5 Å². The average molecular weight is 552 g/mol. The van der Waals surface area contributed by atoms with Gasteiger partial charge >= 0.3 is 0 Å². The van der Waals surface area contributed by atoms with Crippen LogP contribution >= 0.6 is 27.5 Å². The first-order valence-electron chi connectivity index (χ1n) is 10.4. The molecule has 0 fully saturated rings. The van der Waals surface area contributed by atoms with Crippen molar-refractivity contribution in [2.75, 3.05) is 10.6 Å². The lowest BCUT2D eigenvalue weighted by Gasteiger charge is -2.10. The Hall–Kier alpha value is -3.95. The topological polar surface area (TPSA) is 117 Å². The van der Waals surface area contributed by atoms with E-state index in [-0.39, 0.29) is 23.2 Å². The SMILES string of the molecule is CC(=O)Nc1ccc(C(=O)Nc2ccc(Cl)c(-c3nc4c(oc5ccc(Br)cc54)c(=O)[nH]3)c2)cc1. The summed E-state index contributed by atoms with van der Waals surface area (Å²) in [5.74, 6) is -0.307. The zero-order valence-electron chi connectivity index (χ0n) is 18.1. The fourth-order valence-corrected chi connectivity index (χ4v) is 4.22. The van der Waals surface area contributed by atoms with Gasteiger partial charge in [0.2, 0.25) is 11.5 Å². The maximum atomic E-state index is 12.7. The first-order valence-corrected chi connectivity index (χ1v) is 11.6. The van der Waals surface area contributed by atoms with Gasteiger partial charge in [-0.1, -0.05) is 27.5 Å². The number of furan rings is 1. The van der Waals surface area contributed by atoms with Gasteiger partial charge < -0.3 is 20.0 Å². The Labute approximate surface area is 211 Å². The van der Waals surface area contributed by atoms with Gasteiger partial charge in [-0.05, 0) is 60.7 Å². The number of carbonyl (C=O) groups is 2. The predicted octanol–water partition coefficient (Wildman–Crippen LogP) is 5.96. The maximum Gasteiger partial charge on any atom is 0.294 e. The molecule has 3 N–H and O–H groups in total. The van der Waals surface area contributed by atoms with Crippen LogP contribution < -0.4 is 16.2 Å². The predicted molar refractivity (Wildman–Crippen MR) is 139 cm³/mol. The molecule has 5 aromatic rings. The first-order chi connectivity index (χ1) is 16.8. The molecule has 0 bridgehead atoms. The van der Waals surface area contributed by atoms with Gasteiger partial charge in [-0.2, -0.15) is 0 Å². The van der Waals surface area contributed by atoms with Crippen LogP contribution in [0.25, 0.3) is 33.5 Å². The summed E-state index contributed by atoms with van der Waals surface area (Å²) in [4.78, 5) is 44.0. The number of aromatic amines is 1. The number of benzene rings is 3. The van der Waals surface area contributed by atoms with E-state index in [0.29, 0.717) is 44.0 Å². The third-order valence-electron chi connectivity index (χ3n) is 5.23. The Morgan fingerprint density at radius 2 is 1.74 bits per heavy atom. The van der Waals surface area contributed by atoms with Crippen LogP contribution in [0.5, 0.6) is 0 Å². The monoisotopic (exact) mass is 550 g/mol. The maximum absolute atomic E-state index is 12.7. The highest BCUT2D eigenvalue weighted by Gasteiger charge is 2.17. The second kappa shape index (κ2) is 9.01. The second-order valence-electron chi connectivity index (χ2n) is 7.74. The lowest BCUT2D eigenvalue weighted by molar-refractivity contribution is -0.114. The molecule has 35 heavy (non-hydrogen) atoms. The Morgan fingerprint density at radius 3 is 2.49 bits per heavy atom. The number of anilines is 2. The van der Waals surface area contributed by atoms with Crippen molar-refractivity contribution in [1.29, 1.82) is 0 Å². The van der Waals surface area contributed by atoms with Gasteiger partial charge in [-0.25, -0.2) is 4.98 Å². The normalized spacial score (nSPS) is 11.1. The molecule has 0 spiro atoms. The number of H-pyrrole nitrogens is 1. The molecule has 0 radical (unpaired) electrons. The molecule has 0 unspecified atom stereocenters. The number of nitrogens with zero attached hydrogens (tertiary/aromatic N) is 1. The van der Waals surface area contributed by atoms with Crippen molar-refractivity contribution in [3.63, 3.8) is 0 Å². The molecule has 0 saturated heterocycles. The largest absolute Gasteiger partial charge is 0.449 e. The van der Waals surface area contributed by atoms with Crippen molar-refractivity contribution in [2.45, 2.75) is 6.92 Å². The molecular weight excluding hydrogens is 536 g/mol. The van der Waals surface area contributed by atoms with E-state index < -0.39 is 5.56 Å². The highest BCUT2D eigenvalue weighted by Crippen LogP contribution is 2.32. The van der Waals surface area contributed by atoms with Crippen LogP contribution in [0.2, 0.25) is 5.02 Å². The van der Waals surface area contributed by atoms with E-state index >= 15 is 0 Å².